The summed E-state index contributed by atoms with van der Waals surface area (Å²) in [4.78, 5) is 25.0. The first-order valence-electron chi connectivity index (χ1n) is 11.8. The van der Waals surface area contributed by atoms with Crippen LogP contribution >= 0.6 is 0 Å². The van der Waals surface area contributed by atoms with E-state index in [9.17, 15) is 14.9 Å². The Morgan fingerprint density at radius 1 is 1.06 bits per heavy atom. The molecule has 0 spiro atoms. The predicted molar refractivity (Wildman–Crippen MR) is 117 cm³/mol. The summed E-state index contributed by atoms with van der Waals surface area (Å²) in [5.74, 6) is 1.78. The zero-order valence-electron chi connectivity index (χ0n) is 18.5. The molecule has 1 unspecified atom stereocenters. The first kappa shape index (κ1) is 20.5. The van der Waals surface area contributed by atoms with Crippen molar-refractivity contribution in [2.24, 2.45) is 28.6 Å². The monoisotopic (exact) mass is 417 g/mol. The molecule has 3 fully saturated rings. The number of carbonyl (C=O) groups excluding carboxylic acids is 2. The molecular weight excluding hydrogens is 386 g/mol. The minimum atomic E-state index is -0.363. The van der Waals surface area contributed by atoms with Gasteiger partial charge in [-0.3, -0.25) is 4.79 Å². The fourth-order valence-corrected chi connectivity index (χ4v) is 7.66. The molecule has 1 aromatic rings. The summed E-state index contributed by atoms with van der Waals surface area (Å²) in [5.41, 5.74) is 2.31. The molecule has 162 valence electrons. The van der Waals surface area contributed by atoms with Crippen LogP contribution in [-0.2, 0) is 9.53 Å². The molecule has 31 heavy (non-hydrogen) atoms. The van der Waals surface area contributed by atoms with Crippen LogP contribution in [0.15, 0.2) is 35.9 Å². The SMILES string of the molecule is C[C@]12CCC(=O)C=C1CC[C@@H]1[C@H]2CC[C@]2(C)C(OC(=O)c3ccccc3C#N)CC[C@@H]12. The summed E-state index contributed by atoms with van der Waals surface area (Å²) in [6, 6.07) is 9.02. The maximum Gasteiger partial charge on any atom is 0.339 e. The highest BCUT2D eigenvalue weighted by atomic mass is 16.5. The number of rotatable bonds is 2. The molecule has 4 aliphatic carbocycles. The second kappa shape index (κ2) is 7.33. The molecule has 0 aromatic heterocycles. The van der Waals surface area contributed by atoms with E-state index in [1.54, 1.807) is 24.3 Å². The lowest BCUT2D eigenvalue weighted by Crippen LogP contribution is -2.51. The average molecular weight is 418 g/mol. The molecule has 0 bridgehead atoms. The van der Waals surface area contributed by atoms with Gasteiger partial charge in [-0.1, -0.05) is 31.6 Å². The van der Waals surface area contributed by atoms with Crippen LogP contribution in [-0.4, -0.2) is 17.9 Å². The van der Waals surface area contributed by atoms with E-state index in [1.807, 2.05) is 6.08 Å². The van der Waals surface area contributed by atoms with Crippen molar-refractivity contribution in [1.29, 1.82) is 5.26 Å². The van der Waals surface area contributed by atoms with Crippen LogP contribution in [0.1, 0.15) is 81.1 Å². The van der Waals surface area contributed by atoms with Crippen LogP contribution in [0.3, 0.4) is 0 Å². The molecule has 0 radical (unpaired) electrons. The van der Waals surface area contributed by atoms with E-state index >= 15 is 0 Å². The third-order valence-electron chi connectivity index (χ3n) is 9.39. The second-order valence-electron chi connectivity index (χ2n) is 10.6. The maximum atomic E-state index is 12.9. The quantitative estimate of drug-likeness (QED) is 0.586. The van der Waals surface area contributed by atoms with Gasteiger partial charge in [0.2, 0.25) is 0 Å². The molecule has 6 atom stereocenters. The van der Waals surface area contributed by atoms with Crippen molar-refractivity contribution in [3.8, 4) is 6.07 Å². The summed E-state index contributed by atoms with van der Waals surface area (Å²) < 4.78 is 6.09. The number of nitrogens with zero attached hydrogens (tertiary/aromatic N) is 1. The number of nitriles is 1. The fourth-order valence-electron chi connectivity index (χ4n) is 7.66. The van der Waals surface area contributed by atoms with Crippen molar-refractivity contribution in [2.45, 2.75) is 71.3 Å². The van der Waals surface area contributed by atoms with E-state index in [0.717, 1.165) is 44.9 Å². The Morgan fingerprint density at radius 2 is 1.87 bits per heavy atom. The number of ketones is 1. The van der Waals surface area contributed by atoms with Gasteiger partial charge in [0.1, 0.15) is 12.2 Å². The molecule has 1 aromatic carbocycles. The Hall–Kier alpha value is -2.41. The van der Waals surface area contributed by atoms with E-state index in [4.69, 9.17) is 4.74 Å². The van der Waals surface area contributed by atoms with Gasteiger partial charge in [0.15, 0.2) is 5.78 Å². The molecule has 3 saturated carbocycles. The summed E-state index contributed by atoms with van der Waals surface area (Å²) in [7, 11) is 0. The van der Waals surface area contributed by atoms with Gasteiger partial charge in [0.25, 0.3) is 0 Å². The number of benzene rings is 1. The van der Waals surface area contributed by atoms with Gasteiger partial charge >= 0.3 is 5.97 Å². The zero-order valence-corrected chi connectivity index (χ0v) is 18.5. The van der Waals surface area contributed by atoms with Crippen molar-refractivity contribution in [3.63, 3.8) is 0 Å². The Kier molecular flexibility index (Phi) is 4.84. The third kappa shape index (κ3) is 3.08. The molecule has 0 saturated heterocycles. The molecule has 0 N–H and O–H groups in total. The normalized spacial score (nSPS) is 38.9. The first-order valence-corrected chi connectivity index (χ1v) is 11.8. The van der Waals surface area contributed by atoms with Gasteiger partial charge in [-0.15, -0.1) is 0 Å². The van der Waals surface area contributed by atoms with Gasteiger partial charge in [0, 0.05) is 11.8 Å². The standard InChI is InChI=1S/C27H31NO3/c1-26-13-11-19(29)15-18(26)7-8-21-22-9-10-24(27(22,2)14-12-23(21)26)31-25(30)20-6-4-3-5-17(20)16-28/h3-6,15,21-24H,7-14H2,1-2H3/t21-,22-,23+,24?,26-,27-/m0/s1. The first-order chi connectivity index (χ1) is 14.9. The van der Waals surface area contributed by atoms with Crippen molar-refractivity contribution in [1.82, 2.24) is 0 Å². The molecule has 4 nitrogen and oxygen atoms in total. The maximum absolute atomic E-state index is 12.9. The number of ether oxygens (including phenoxy) is 1. The summed E-state index contributed by atoms with van der Waals surface area (Å²) in [5, 5.41) is 9.35. The van der Waals surface area contributed by atoms with Crippen LogP contribution in [0, 0.1) is 39.9 Å². The van der Waals surface area contributed by atoms with Crippen molar-refractivity contribution >= 4 is 11.8 Å². The van der Waals surface area contributed by atoms with Gasteiger partial charge in [-0.05, 0) is 86.3 Å². The van der Waals surface area contributed by atoms with E-state index < -0.39 is 0 Å². The highest BCUT2D eigenvalue weighted by molar-refractivity contribution is 5.92. The minimum absolute atomic E-state index is 0.000474. The Bertz CT molecular complexity index is 1000. The third-order valence-corrected chi connectivity index (χ3v) is 9.39. The highest BCUT2D eigenvalue weighted by Crippen LogP contribution is 2.65. The summed E-state index contributed by atoms with van der Waals surface area (Å²) in [6.45, 7) is 4.73. The molecule has 4 aliphatic rings. The number of hydrogen-bond donors (Lipinski definition) is 0. The average Bonchev–Trinajstić information content (AvgIpc) is 3.10. The number of hydrogen-bond acceptors (Lipinski definition) is 4. The molecule has 0 amide bonds. The van der Waals surface area contributed by atoms with E-state index in [0.29, 0.717) is 41.1 Å². The Labute approximate surface area is 184 Å². The molecular formula is C27H31NO3. The smallest absolute Gasteiger partial charge is 0.339 e. The lowest BCUT2D eigenvalue weighted by Gasteiger charge is -2.57. The van der Waals surface area contributed by atoms with E-state index in [-0.39, 0.29) is 22.9 Å². The van der Waals surface area contributed by atoms with Crippen LogP contribution in [0.25, 0.3) is 0 Å². The number of esters is 1. The van der Waals surface area contributed by atoms with Crippen molar-refractivity contribution in [2.75, 3.05) is 0 Å². The van der Waals surface area contributed by atoms with Crippen molar-refractivity contribution in [3.05, 3.63) is 47.0 Å². The van der Waals surface area contributed by atoms with Gasteiger partial charge < -0.3 is 4.74 Å². The lowest BCUT2D eigenvalue weighted by atomic mass is 9.47. The van der Waals surface area contributed by atoms with Gasteiger partial charge in [0.05, 0.1) is 11.1 Å². The van der Waals surface area contributed by atoms with Crippen LogP contribution in [0.5, 0.6) is 0 Å². The van der Waals surface area contributed by atoms with Crippen LogP contribution < -0.4 is 0 Å². The topological polar surface area (TPSA) is 67.2 Å². The molecule has 0 aliphatic heterocycles. The largest absolute Gasteiger partial charge is 0.458 e. The van der Waals surface area contributed by atoms with E-state index in [1.165, 1.54) is 5.57 Å². The summed E-state index contributed by atoms with van der Waals surface area (Å²) in [6.07, 6.45) is 9.94. The van der Waals surface area contributed by atoms with Crippen molar-refractivity contribution < 1.29 is 14.3 Å². The Morgan fingerprint density at radius 3 is 2.68 bits per heavy atom. The fraction of sp³-hybridized carbons (Fsp3) is 0.593. The molecule has 4 heteroatoms. The molecule has 0 heterocycles. The van der Waals surface area contributed by atoms with Gasteiger partial charge in [-0.2, -0.15) is 5.26 Å². The Balaban J connectivity index is 1.37. The van der Waals surface area contributed by atoms with Crippen LogP contribution in [0.2, 0.25) is 0 Å². The van der Waals surface area contributed by atoms with Crippen LogP contribution in [0.4, 0.5) is 0 Å². The minimum Gasteiger partial charge on any atom is -0.458 e. The van der Waals surface area contributed by atoms with Gasteiger partial charge in [-0.25, -0.2) is 4.79 Å². The summed E-state index contributed by atoms with van der Waals surface area (Å²) >= 11 is 0. The second-order valence-corrected chi connectivity index (χ2v) is 10.6. The predicted octanol–water partition coefficient (Wildman–Crippen LogP) is 5.62. The number of fused-ring (bicyclic) bond motifs is 5. The zero-order chi connectivity index (χ0) is 21.8. The molecule has 5 rings (SSSR count). The highest BCUT2D eigenvalue weighted by Gasteiger charge is 2.60. The number of allylic oxidation sites excluding steroid dienone is 1. The van der Waals surface area contributed by atoms with E-state index in [2.05, 4.69) is 19.9 Å². The number of carbonyl (C=O) groups is 2. The lowest BCUT2D eigenvalue weighted by molar-refractivity contribution is -0.118.